The molecule has 3 rings (SSSR count). The van der Waals surface area contributed by atoms with E-state index in [1.807, 2.05) is 12.1 Å². The molecule has 0 amide bonds. The summed E-state index contributed by atoms with van der Waals surface area (Å²) in [5.74, 6) is 1.01. The van der Waals surface area contributed by atoms with Crippen LogP contribution in [0.3, 0.4) is 0 Å². The molecular weight excluding hydrogens is 320 g/mol. The van der Waals surface area contributed by atoms with E-state index in [4.69, 9.17) is 4.42 Å². The van der Waals surface area contributed by atoms with Crippen LogP contribution in [0.1, 0.15) is 17.1 Å². The molecule has 1 aliphatic rings. The average Bonchev–Trinajstić information content (AvgIpc) is 2.98. The van der Waals surface area contributed by atoms with Gasteiger partial charge in [-0.15, -0.1) is 0 Å². The smallest absolute Gasteiger partial charge is 0.169 e. The average molecular weight is 339 g/mol. The Morgan fingerprint density at radius 3 is 2.55 bits per heavy atom. The van der Waals surface area contributed by atoms with Gasteiger partial charge in [0.05, 0.1) is 23.6 Å². The van der Waals surface area contributed by atoms with E-state index in [0.717, 1.165) is 54.5 Å². The van der Waals surface area contributed by atoms with Gasteiger partial charge in [-0.3, -0.25) is 10.00 Å². The molecule has 0 aliphatic carbocycles. The number of halogens is 1. The van der Waals surface area contributed by atoms with E-state index in [0.29, 0.717) is 0 Å². The number of furan rings is 1. The Bertz CT molecular complexity index is 564. The Balaban J connectivity index is 1.60. The SMILES string of the molecule is Cc1n[nH]c(C)c1N1CCN(Cc2ccc(Br)o2)CC1. The number of H-pyrrole nitrogens is 1. The van der Waals surface area contributed by atoms with Gasteiger partial charge in [-0.05, 0) is 41.9 Å². The maximum atomic E-state index is 5.57. The van der Waals surface area contributed by atoms with Crippen molar-refractivity contribution in [1.82, 2.24) is 15.1 Å². The predicted octanol–water partition coefficient (Wildman–Crippen LogP) is 2.70. The van der Waals surface area contributed by atoms with Crippen molar-refractivity contribution in [2.45, 2.75) is 20.4 Å². The zero-order valence-corrected chi connectivity index (χ0v) is 13.4. The van der Waals surface area contributed by atoms with Crippen molar-refractivity contribution in [2.24, 2.45) is 0 Å². The van der Waals surface area contributed by atoms with Gasteiger partial charge in [0.1, 0.15) is 5.76 Å². The Morgan fingerprint density at radius 1 is 1.25 bits per heavy atom. The zero-order chi connectivity index (χ0) is 14.1. The third kappa shape index (κ3) is 2.76. The third-order valence-corrected chi connectivity index (χ3v) is 4.21. The molecule has 0 atom stereocenters. The fourth-order valence-corrected chi connectivity index (χ4v) is 3.14. The van der Waals surface area contributed by atoms with E-state index in [-0.39, 0.29) is 0 Å². The van der Waals surface area contributed by atoms with Gasteiger partial charge in [-0.1, -0.05) is 0 Å². The summed E-state index contributed by atoms with van der Waals surface area (Å²) in [6.45, 7) is 9.17. The third-order valence-electron chi connectivity index (χ3n) is 3.79. The molecule has 6 heteroatoms. The Morgan fingerprint density at radius 2 is 2.00 bits per heavy atom. The molecule has 0 saturated carbocycles. The lowest BCUT2D eigenvalue weighted by Gasteiger charge is -2.35. The van der Waals surface area contributed by atoms with Crippen LogP contribution in [0.15, 0.2) is 21.2 Å². The summed E-state index contributed by atoms with van der Waals surface area (Å²) >= 11 is 3.34. The molecule has 1 aliphatic heterocycles. The van der Waals surface area contributed by atoms with Gasteiger partial charge in [0, 0.05) is 26.2 Å². The summed E-state index contributed by atoms with van der Waals surface area (Å²) in [7, 11) is 0. The Kier molecular flexibility index (Phi) is 3.85. The highest BCUT2D eigenvalue weighted by molar-refractivity contribution is 9.10. The highest BCUT2D eigenvalue weighted by Gasteiger charge is 2.21. The second kappa shape index (κ2) is 5.61. The van der Waals surface area contributed by atoms with Crippen molar-refractivity contribution in [1.29, 1.82) is 0 Å². The molecule has 0 radical (unpaired) electrons. The van der Waals surface area contributed by atoms with E-state index in [9.17, 15) is 0 Å². The van der Waals surface area contributed by atoms with E-state index >= 15 is 0 Å². The van der Waals surface area contributed by atoms with E-state index in [1.54, 1.807) is 0 Å². The van der Waals surface area contributed by atoms with Gasteiger partial charge in [0.2, 0.25) is 0 Å². The lowest BCUT2D eigenvalue weighted by molar-refractivity contribution is 0.229. The molecule has 0 unspecified atom stereocenters. The fraction of sp³-hybridized carbons (Fsp3) is 0.500. The van der Waals surface area contributed by atoms with Crippen LogP contribution in [-0.2, 0) is 6.54 Å². The molecule has 20 heavy (non-hydrogen) atoms. The summed E-state index contributed by atoms with van der Waals surface area (Å²) in [5, 5.41) is 7.34. The molecule has 2 aromatic rings. The molecule has 1 N–H and O–H groups in total. The molecule has 1 fully saturated rings. The van der Waals surface area contributed by atoms with Crippen LogP contribution in [0, 0.1) is 13.8 Å². The molecule has 5 nitrogen and oxygen atoms in total. The first-order valence-electron chi connectivity index (χ1n) is 6.86. The summed E-state index contributed by atoms with van der Waals surface area (Å²) in [6, 6.07) is 3.98. The van der Waals surface area contributed by atoms with Gasteiger partial charge in [0.25, 0.3) is 0 Å². The molecular formula is C14H19BrN4O. The number of hydrogen-bond acceptors (Lipinski definition) is 4. The van der Waals surface area contributed by atoms with Crippen molar-refractivity contribution < 1.29 is 4.42 Å². The second-order valence-electron chi connectivity index (χ2n) is 5.25. The van der Waals surface area contributed by atoms with Crippen LogP contribution >= 0.6 is 15.9 Å². The summed E-state index contributed by atoms with van der Waals surface area (Å²) in [4.78, 5) is 4.84. The monoisotopic (exact) mass is 338 g/mol. The quantitative estimate of drug-likeness (QED) is 0.934. The minimum Gasteiger partial charge on any atom is -0.453 e. The zero-order valence-electron chi connectivity index (χ0n) is 11.8. The van der Waals surface area contributed by atoms with Crippen LogP contribution in [0.2, 0.25) is 0 Å². The first kappa shape index (κ1) is 13.7. The van der Waals surface area contributed by atoms with Crippen LogP contribution in [0.5, 0.6) is 0 Å². The van der Waals surface area contributed by atoms with Crippen molar-refractivity contribution in [2.75, 3.05) is 31.1 Å². The molecule has 1 saturated heterocycles. The summed E-state index contributed by atoms with van der Waals surface area (Å²) in [5.41, 5.74) is 3.52. The van der Waals surface area contributed by atoms with Gasteiger partial charge in [-0.25, -0.2) is 0 Å². The predicted molar refractivity (Wildman–Crippen MR) is 82.0 cm³/mol. The lowest BCUT2D eigenvalue weighted by atomic mass is 10.2. The topological polar surface area (TPSA) is 48.3 Å². The minimum absolute atomic E-state index is 0.802. The second-order valence-corrected chi connectivity index (χ2v) is 6.03. The first-order valence-corrected chi connectivity index (χ1v) is 7.66. The number of aryl methyl sites for hydroxylation is 2. The van der Waals surface area contributed by atoms with Crippen molar-refractivity contribution >= 4 is 21.6 Å². The van der Waals surface area contributed by atoms with E-state index in [2.05, 4.69) is 49.8 Å². The standard InChI is InChI=1S/C14H19BrN4O/c1-10-14(11(2)17-16-10)19-7-5-18(6-8-19)9-12-3-4-13(15)20-12/h3-4H,5-9H2,1-2H3,(H,16,17). The normalized spacial score (nSPS) is 16.9. The summed E-state index contributed by atoms with van der Waals surface area (Å²) in [6.07, 6.45) is 0. The Hall–Kier alpha value is -1.27. The first-order chi connectivity index (χ1) is 9.63. The van der Waals surface area contributed by atoms with Crippen LogP contribution in [0.4, 0.5) is 5.69 Å². The van der Waals surface area contributed by atoms with Crippen molar-refractivity contribution in [3.8, 4) is 0 Å². The highest BCUT2D eigenvalue weighted by Crippen LogP contribution is 2.24. The summed E-state index contributed by atoms with van der Waals surface area (Å²) < 4.78 is 6.37. The fourth-order valence-electron chi connectivity index (χ4n) is 2.80. The number of rotatable bonds is 3. The molecule has 0 spiro atoms. The number of piperazine rings is 1. The highest BCUT2D eigenvalue weighted by atomic mass is 79.9. The maximum Gasteiger partial charge on any atom is 0.169 e. The van der Waals surface area contributed by atoms with Crippen molar-refractivity contribution in [3.05, 3.63) is 34.0 Å². The number of anilines is 1. The van der Waals surface area contributed by atoms with Crippen molar-refractivity contribution in [3.63, 3.8) is 0 Å². The van der Waals surface area contributed by atoms with E-state index < -0.39 is 0 Å². The molecule has 0 bridgehead atoms. The lowest BCUT2D eigenvalue weighted by Crippen LogP contribution is -2.46. The van der Waals surface area contributed by atoms with Gasteiger partial charge < -0.3 is 9.32 Å². The number of nitrogens with zero attached hydrogens (tertiary/aromatic N) is 3. The molecule has 108 valence electrons. The maximum absolute atomic E-state index is 5.57. The number of nitrogens with one attached hydrogen (secondary N) is 1. The number of hydrogen-bond donors (Lipinski definition) is 1. The molecule has 0 aromatic carbocycles. The van der Waals surface area contributed by atoms with Crippen LogP contribution in [-0.4, -0.2) is 41.3 Å². The Labute approximate surface area is 127 Å². The van der Waals surface area contributed by atoms with Gasteiger partial charge >= 0.3 is 0 Å². The number of aromatic amines is 1. The number of aromatic nitrogens is 2. The van der Waals surface area contributed by atoms with Gasteiger partial charge in [0.15, 0.2) is 4.67 Å². The largest absolute Gasteiger partial charge is 0.453 e. The molecule has 3 heterocycles. The van der Waals surface area contributed by atoms with E-state index in [1.165, 1.54) is 5.69 Å². The molecule has 2 aromatic heterocycles. The minimum atomic E-state index is 0.802. The van der Waals surface area contributed by atoms with Gasteiger partial charge in [-0.2, -0.15) is 5.10 Å². The van der Waals surface area contributed by atoms with Crippen LogP contribution in [0.25, 0.3) is 0 Å². The van der Waals surface area contributed by atoms with Crippen LogP contribution < -0.4 is 4.90 Å².